The quantitative estimate of drug-likeness (QED) is 0.310. The van der Waals surface area contributed by atoms with Crippen LogP contribution in [-0.2, 0) is 13.0 Å². The van der Waals surface area contributed by atoms with Crippen LogP contribution in [0.5, 0.6) is 0 Å². The van der Waals surface area contributed by atoms with E-state index >= 15 is 0 Å². The van der Waals surface area contributed by atoms with E-state index in [0.717, 1.165) is 75.9 Å². The second kappa shape index (κ2) is 10.3. The van der Waals surface area contributed by atoms with Gasteiger partial charge in [-0.2, -0.15) is 0 Å². The van der Waals surface area contributed by atoms with Crippen molar-refractivity contribution in [3.63, 3.8) is 0 Å². The molecule has 3 fully saturated rings. The predicted molar refractivity (Wildman–Crippen MR) is 151 cm³/mol. The zero-order valence-electron chi connectivity index (χ0n) is 22.6. The molecule has 2 aromatic heterocycles. The molecule has 39 heavy (non-hydrogen) atoms. The number of carbonyl (C=O) groups excluding carboxylic acids is 1. The first kappa shape index (κ1) is 26.9. The number of hydrogen-bond donors (Lipinski definition) is 3. The van der Waals surface area contributed by atoms with Crippen molar-refractivity contribution in [2.75, 3.05) is 26.2 Å². The Morgan fingerprint density at radius 2 is 2.13 bits per heavy atom. The molecule has 3 aromatic rings. The Hall–Kier alpha value is -2.30. The van der Waals surface area contributed by atoms with Gasteiger partial charge in [0.2, 0.25) is 0 Å². The molecule has 1 aliphatic heterocycles. The molecule has 2 saturated carbocycles. The van der Waals surface area contributed by atoms with Gasteiger partial charge < -0.3 is 20.3 Å². The largest absolute Gasteiger partial charge is 0.389 e. The molecule has 1 saturated heterocycles. The molecule has 3 N–H and O–H groups in total. The van der Waals surface area contributed by atoms with Crippen molar-refractivity contribution in [1.29, 1.82) is 0 Å². The van der Waals surface area contributed by atoms with Crippen LogP contribution in [0.3, 0.4) is 0 Å². The number of halogens is 2. The van der Waals surface area contributed by atoms with E-state index in [-0.39, 0.29) is 22.6 Å². The third kappa shape index (κ3) is 5.15. The van der Waals surface area contributed by atoms with E-state index in [1.165, 1.54) is 25.3 Å². The Morgan fingerprint density at radius 1 is 1.28 bits per heavy atom. The highest BCUT2D eigenvalue weighted by Gasteiger charge is 2.69. The fourth-order valence-corrected chi connectivity index (χ4v) is 7.69. The number of fused-ring (bicyclic) bond motifs is 1. The van der Waals surface area contributed by atoms with Gasteiger partial charge >= 0.3 is 0 Å². The lowest BCUT2D eigenvalue weighted by Gasteiger charge is -2.39. The van der Waals surface area contributed by atoms with E-state index in [0.29, 0.717) is 22.1 Å². The third-order valence-electron chi connectivity index (χ3n) is 9.59. The summed E-state index contributed by atoms with van der Waals surface area (Å²) < 4.78 is 16.2. The predicted octanol–water partition coefficient (Wildman–Crippen LogP) is 4.82. The van der Waals surface area contributed by atoms with Crippen molar-refractivity contribution < 1.29 is 14.3 Å². The van der Waals surface area contributed by atoms with Gasteiger partial charge in [0, 0.05) is 48.6 Å². The van der Waals surface area contributed by atoms with Crippen LogP contribution in [0, 0.1) is 16.6 Å². The average Bonchev–Trinajstić information content (AvgIpc) is 3.15. The number of β-amino-alcohol motifs (C(OH)–C–C–N with tert-alkyl or cyclic N) is 1. The summed E-state index contributed by atoms with van der Waals surface area (Å²) in [5.41, 5.74) is 1.84. The van der Waals surface area contributed by atoms with Crippen molar-refractivity contribution in [2.45, 2.75) is 76.9 Å². The Kier molecular flexibility index (Phi) is 7.08. The summed E-state index contributed by atoms with van der Waals surface area (Å²) in [7, 11) is 0. The van der Waals surface area contributed by atoms with Crippen molar-refractivity contribution in [3.8, 4) is 0 Å². The number of nitrogens with zero attached hydrogens (tertiary/aromatic N) is 4. The lowest BCUT2D eigenvalue weighted by atomic mass is 9.75. The molecular formula is C29H38BrFN6O2. The molecule has 3 heterocycles. The van der Waals surface area contributed by atoms with E-state index in [1.807, 2.05) is 4.68 Å². The molecule has 6 rings (SSSR count). The number of hydrogen-bond acceptors (Lipinski definition) is 5. The SMILES string of the molecule is CCCC1(O)CCCN(CCc2cn(CC3(CNC(=O)c4cc5c(Br)c(F)ccc5[nH]4)CC34CCC4)nn2)C1. The number of piperidine rings is 1. The van der Waals surface area contributed by atoms with Gasteiger partial charge in [0.05, 0.1) is 22.3 Å². The molecule has 1 aromatic carbocycles. The summed E-state index contributed by atoms with van der Waals surface area (Å²) in [6.07, 6.45) is 11.4. The fourth-order valence-electron chi connectivity index (χ4n) is 7.23. The smallest absolute Gasteiger partial charge is 0.267 e. The molecule has 2 unspecified atom stereocenters. The first-order valence-corrected chi connectivity index (χ1v) is 15.1. The van der Waals surface area contributed by atoms with Crippen molar-refractivity contribution >= 4 is 32.7 Å². The van der Waals surface area contributed by atoms with Gasteiger partial charge in [-0.3, -0.25) is 9.48 Å². The number of rotatable bonds is 10. The van der Waals surface area contributed by atoms with Crippen LogP contribution in [0.25, 0.3) is 10.9 Å². The Morgan fingerprint density at radius 3 is 2.87 bits per heavy atom. The number of aliphatic hydroxyl groups is 1. The van der Waals surface area contributed by atoms with E-state index < -0.39 is 5.60 Å². The van der Waals surface area contributed by atoms with Gasteiger partial charge in [0.15, 0.2) is 0 Å². The maximum Gasteiger partial charge on any atom is 0.267 e. The van der Waals surface area contributed by atoms with Crippen molar-refractivity contribution in [1.82, 2.24) is 30.2 Å². The maximum absolute atomic E-state index is 13.9. The van der Waals surface area contributed by atoms with Crippen LogP contribution in [0.4, 0.5) is 4.39 Å². The Labute approximate surface area is 236 Å². The Bertz CT molecular complexity index is 1360. The van der Waals surface area contributed by atoms with Gasteiger partial charge in [-0.25, -0.2) is 4.39 Å². The molecular weight excluding hydrogens is 563 g/mol. The van der Waals surface area contributed by atoms with E-state index in [9.17, 15) is 14.3 Å². The first-order valence-electron chi connectivity index (χ1n) is 14.3. The van der Waals surface area contributed by atoms with E-state index in [2.05, 4.69) is 54.6 Å². The molecule has 0 bridgehead atoms. The number of aromatic amines is 1. The van der Waals surface area contributed by atoms with Crippen molar-refractivity contribution in [3.05, 3.63) is 46.1 Å². The van der Waals surface area contributed by atoms with E-state index in [1.54, 1.807) is 12.1 Å². The minimum absolute atomic E-state index is 0.0197. The van der Waals surface area contributed by atoms with Gasteiger partial charge in [0.1, 0.15) is 11.5 Å². The molecule has 2 atom stereocenters. The maximum atomic E-state index is 13.9. The molecule has 8 nitrogen and oxygen atoms in total. The van der Waals surface area contributed by atoms with Gasteiger partial charge in [-0.15, -0.1) is 5.10 Å². The molecule has 10 heteroatoms. The molecule has 0 radical (unpaired) electrons. The number of likely N-dealkylation sites (tertiary alicyclic amines) is 1. The van der Waals surface area contributed by atoms with Gasteiger partial charge in [-0.1, -0.05) is 25.0 Å². The number of amides is 1. The highest BCUT2D eigenvalue weighted by molar-refractivity contribution is 9.10. The number of H-pyrrole nitrogens is 1. The lowest BCUT2D eigenvalue weighted by Crippen LogP contribution is -2.48. The molecule has 2 aliphatic carbocycles. The molecule has 210 valence electrons. The standard InChI is InChI=1S/C29H38BrFN6O2/c1-2-8-29(39)11-4-12-36(19-29)13-7-20-15-37(35-34-20)18-28(16-27(28)9-3-10-27)17-32-26(38)24-14-21-23(33-24)6-5-22(31)25(21)30/h5-6,14-15,33,39H,2-4,7-13,16-19H2,1H3,(H,32,38). The topological polar surface area (TPSA) is 99.1 Å². The van der Waals surface area contributed by atoms with Crippen LogP contribution in [-0.4, -0.2) is 67.7 Å². The van der Waals surface area contributed by atoms with E-state index in [4.69, 9.17) is 0 Å². The molecule has 3 aliphatic rings. The van der Waals surface area contributed by atoms with Crippen LogP contribution >= 0.6 is 15.9 Å². The lowest BCUT2D eigenvalue weighted by molar-refractivity contribution is -0.0369. The highest BCUT2D eigenvalue weighted by Crippen LogP contribution is 2.74. The number of carbonyl (C=O) groups is 1. The molecule has 1 spiro atoms. The fraction of sp³-hybridized carbons (Fsp3) is 0.621. The van der Waals surface area contributed by atoms with Crippen LogP contribution < -0.4 is 5.32 Å². The normalized spacial score (nSPS) is 26.2. The number of aromatic nitrogens is 4. The number of benzene rings is 1. The summed E-state index contributed by atoms with van der Waals surface area (Å²) in [4.78, 5) is 18.5. The number of nitrogens with one attached hydrogen (secondary N) is 2. The summed E-state index contributed by atoms with van der Waals surface area (Å²) in [5, 5.41) is 23.6. The molecule has 1 amide bonds. The average molecular weight is 602 g/mol. The highest BCUT2D eigenvalue weighted by atomic mass is 79.9. The van der Waals surface area contributed by atoms with Crippen LogP contribution in [0.2, 0.25) is 0 Å². The Balaban J connectivity index is 1.08. The summed E-state index contributed by atoms with van der Waals surface area (Å²) >= 11 is 3.28. The summed E-state index contributed by atoms with van der Waals surface area (Å²) in [6, 6.07) is 4.73. The van der Waals surface area contributed by atoms with Gasteiger partial charge in [0.25, 0.3) is 5.91 Å². The third-order valence-corrected chi connectivity index (χ3v) is 10.4. The first-order chi connectivity index (χ1) is 18.7. The second-order valence-electron chi connectivity index (χ2n) is 12.3. The summed E-state index contributed by atoms with van der Waals surface area (Å²) in [5.74, 6) is -0.526. The minimum Gasteiger partial charge on any atom is -0.389 e. The second-order valence-corrected chi connectivity index (χ2v) is 13.1. The van der Waals surface area contributed by atoms with Crippen LogP contribution in [0.15, 0.2) is 28.9 Å². The van der Waals surface area contributed by atoms with Gasteiger partial charge in [-0.05, 0) is 84.6 Å². The van der Waals surface area contributed by atoms with Crippen LogP contribution in [0.1, 0.15) is 74.5 Å². The monoisotopic (exact) mass is 600 g/mol. The zero-order chi connectivity index (χ0) is 27.3. The minimum atomic E-state index is -0.552. The summed E-state index contributed by atoms with van der Waals surface area (Å²) in [6.45, 7) is 6.08. The zero-order valence-corrected chi connectivity index (χ0v) is 24.2. The van der Waals surface area contributed by atoms with Crippen molar-refractivity contribution in [2.24, 2.45) is 10.8 Å².